The lowest BCUT2D eigenvalue weighted by Gasteiger charge is -2.17. The fraction of sp³-hybridized carbons (Fsp3) is 0.0909. The van der Waals surface area contributed by atoms with Crippen LogP contribution in [0.25, 0.3) is 22.3 Å². The molecule has 2 amide bonds. The number of nitriles is 2. The molecule has 0 heterocycles. The third-order valence-corrected chi connectivity index (χ3v) is 6.76. The molecule has 4 rings (SSSR count). The monoisotopic (exact) mass is 618 g/mol. The van der Waals surface area contributed by atoms with Gasteiger partial charge in [0.15, 0.2) is 11.9 Å². The van der Waals surface area contributed by atoms with Crippen LogP contribution >= 0.6 is 0 Å². The average Bonchev–Trinajstić information content (AvgIpc) is 2.99. The molecule has 0 aliphatic rings. The number of phenols is 1. The number of carbonyl (C=O) groups is 2. The van der Waals surface area contributed by atoms with Gasteiger partial charge in [0.2, 0.25) is 0 Å². The molecule has 0 fully saturated rings. The Morgan fingerprint density at radius 3 is 2.09 bits per heavy atom. The van der Waals surface area contributed by atoms with Crippen molar-refractivity contribution >= 4 is 23.7 Å². The molecule has 0 saturated heterocycles. The number of aromatic hydroxyl groups is 1. The predicted octanol–water partition coefficient (Wildman–Crippen LogP) is 3.63. The minimum Gasteiger partial charge on any atom is -0.507 e. The summed E-state index contributed by atoms with van der Waals surface area (Å²) in [6, 6.07) is 18.9. The molecule has 0 aliphatic heterocycles. The Morgan fingerprint density at radius 2 is 1.46 bits per heavy atom. The zero-order valence-electron chi connectivity index (χ0n) is 24.6. The van der Waals surface area contributed by atoms with Gasteiger partial charge >= 0.3 is 0 Å². The lowest BCUT2D eigenvalue weighted by Crippen LogP contribution is -2.24. The number of ether oxygens (including phenoxy) is 1. The topological polar surface area (TPSA) is 240 Å². The van der Waals surface area contributed by atoms with Gasteiger partial charge in [-0.25, -0.2) is 4.39 Å². The summed E-state index contributed by atoms with van der Waals surface area (Å²) in [6.07, 6.45) is 0. The number of aliphatic imine (C=N–C) groups is 2. The number of benzene rings is 4. The molecular formula is C33H27FN8O4. The molecule has 46 heavy (non-hydrogen) atoms. The van der Waals surface area contributed by atoms with E-state index in [1.54, 1.807) is 44.2 Å². The fourth-order valence-corrected chi connectivity index (χ4v) is 4.93. The maximum absolute atomic E-state index is 15.4. The molecule has 0 atom stereocenters. The largest absolute Gasteiger partial charge is 0.507 e. The molecule has 9 N–H and O–H groups in total. The molecule has 0 aliphatic carbocycles. The van der Waals surface area contributed by atoms with Crippen LogP contribution in [0.1, 0.15) is 48.5 Å². The van der Waals surface area contributed by atoms with Crippen molar-refractivity contribution in [3.8, 4) is 45.9 Å². The Morgan fingerprint density at radius 1 is 0.848 bits per heavy atom. The van der Waals surface area contributed by atoms with Gasteiger partial charge in [-0.3, -0.25) is 9.59 Å². The van der Waals surface area contributed by atoms with E-state index in [1.807, 2.05) is 12.1 Å². The normalized spacial score (nSPS) is 10.3. The summed E-state index contributed by atoms with van der Waals surface area (Å²) in [5.41, 5.74) is 23.1. The summed E-state index contributed by atoms with van der Waals surface area (Å²) < 4.78 is 21.4. The van der Waals surface area contributed by atoms with Crippen molar-refractivity contribution < 1.29 is 23.8 Å². The third kappa shape index (κ3) is 6.59. The highest BCUT2D eigenvalue weighted by atomic mass is 19.1. The highest BCUT2D eigenvalue weighted by Gasteiger charge is 2.26. The second kappa shape index (κ2) is 13.3. The summed E-state index contributed by atoms with van der Waals surface area (Å²) in [5.74, 6) is -4.15. The summed E-state index contributed by atoms with van der Waals surface area (Å²) in [7, 11) is 0. The highest BCUT2D eigenvalue weighted by Crippen LogP contribution is 2.38. The van der Waals surface area contributed by atoms with Crippen LogP contribution in [0.2, 0.25) is 0 Å². The number of amides is 2. The third-order valence-electron chi connectivity index (χ3n) is 6.76. The van der Waals surface area contributed by atoms with Gasteiger partial charge in [0.25, 0.3) is 11.8 Å². The first-order valence-electron chi connectivity index (χ1n) is 13.5. The van der Waals surface area contributed by atoms with Crippen LogP contribution in [0.4, 0.5) is 4.39 Å². The molecule has 12 nitrogen and oxygen atoms in total. The van der Waals surface area contributed by atoms with Crippen molar-refractivity contribution in [1.29, 1.82) is 10.5 Å². The van der Waals surface area contributed by atoms with Crippen molar-refractivity contribution in [2.24, 2.45) is 32.9 Å². The van der Waals surface area contributed by atoms with Crippen molar-refractivity contribution in [2.75, 3.05) is 0 Å². The van der Waals surface area contributed by atoms with Gasteiger partial charge in [-0.2, -0.15) is 20.5 Å². The van der Waals surface area contributed by atoms with Crippen LogP contribution in [0.3, 0.4) is 0 Å². The van der Waals surface area contributed by atoms with E-state index in [2.05, 4.69) is 9.98 Å². The van der Waals surface area contributed by atoms with E-state index in [0.29, 0.717) is 16.7 Å². The quantitative estimate of drug-likeness (QED) is 0.149. The zero-order valence-corrected chi connectivity index (χ0v) is 24.6. The molecule has 0 bridgehead atoms. The number of hydrogen-bond acceptors (Lipinski definition) is 6. The van der Waals surface area contributed by atoms with E-state index in [0.717, 1.165) is 0 Å². The van der Waals surface area contributed by atoms with Crippen molar-refractivity contribution in [1.82, 2.24) is 0 Å². The first-order chi connectivity index (χ1) is 21.9. The number of hydrogen-bond donors (Lipinski definition) is 5. The van der Waals surface area contributed by atoms with Gasteiger partial charge in [-0.05, 0) is 60.9 Å². The van der Waals surface area contributed by atoms with Crippen LogP contribution in [0.5, 0.6) is 11.5 Å². The second-order valence-corrected chi connectivity index (χ2v) is 10.1. The van der Waals surface area contributed by atoms with Gasteiger partial charge < -0.3 is 32.8 Å². The molecule has 4 aromatic carbocycles. The van der Waals surface area contributed by atoms with Crippen LogP contribution in [-0.2, 0) is 6.61 Å². The van der Waals surface area contributed by atoms with Gasteiger partial charge in [0, 0.05) is 16.7 Å². The number of rotatable bonds is 7. The number of halogens is 1. The van der Waals surface area contributed by atoms with E-state index in [1.165, 1.54) is 30.3 Å². The molecule has 13 heteroatoms. The highest BCUT2D eigenvalue weighted by molar-refractivity contribution is 6.10. The maximum atomic E-state index is 15.4. The summed E-state index contributed by atoms with van der Waals surface area (Å²) in [5, 5.41) is 30.3. The lowest BCUT2D eigenvalue weighted by atomic mass is 9.91. The van der Waals surface area contributed by atoms with Crippen molar-refractivity contribution in [3.63, 3.8) is 0 Å². The van der Waals surface area contributed by atoms with Gasteiger partial charge in [-0.1, -0.05) is 35.9 Å². The number of phenolic OH excluding ortho intramolecular Hbond substituents is 1. The van der Waals surface area contributed by atoms with E-state index < -0.39 is 35.3 Å². The summed E-state index contributed by atoms with van der Waals surface area (Å²) in [6.45, 7) is 3.11. The number of nitrogens with two attached hydrogens (primary N) is 4. The molecule has 4 aromatic rings. The maximum Gasteiger partial charge on any atom is 0.284 e. The molecule has 0 saturated carbocycles. The van der Waals surface area contributed by atoms with Crippen LogP contribution < -0.4 is 27.7 Å². The summed E-state index contributed by atoms with van der Waals surface area (Å²) in [4.78, 5) is 33.4. The van der Waals surface area contributed by atoms with Crippen LogP contribution in [0, 0.1) is 42.3 Å². The van der Waals surface area contributed by atoms with E-state index in [-0.39, 0.29) is 56.9 Å². The minimum absolute atomic E-state index is 0.0188. The first-order valence-corrected chi connectivity index (χ1v) is 13.5. The number of carbonyl (C=O) groups excluding carboxylic acids is 2. The Balaban J connectivity index is 1.88. The van der Waals surface area contributed by atoms with Crippen LogP contribution in [-0.4, -0.2) is 28.8 Å². The zero-order chi connectivity index (χ0) is 33.7. The van der Waals surface area contributed by atoms with Gasteiger partial charge in [-0.15, -0.1) is 0 Å². The molecular weight excluding hydrogens is 591 g/mol. The molecule has 0 radical (unpaired) electrons. The van der Waals surface area contributed by atoms with Crippen molar-refractivity contribution in [3.05, 3.63) is 105 Å². The minimum atomic E-state index is -0.964. The smallest absolute Gasteiger partial charge is 0.284 e. The van der Waals surface area contributed by atoms with Crippen molar-refractivity contribution in [2.45, 2.75) is 20.5 Å². The standard InChI is InChI=1S/C33H27FN8O4/c1-16-10-18(12-21(11-16)25-19(13-35)6-8-23(43)27(25)30(44)41-32(37)38)15-46-24-9-7-20(14-36)26(28(24)31(45)42-33(39)40)22-5-3-4-17(2)29(22)34/h3-12,43H,15H2,1-2H3,(H4,37,38,41,44)(H4,39,40,42,45). The summed E-state index contributed by atoms with van der Waals surface area (Å²) >= 11 is 0. The second-order valence-electron chi connectivity index (χ2n) is 10.1. The van der Waals surface area contributed by atoms with E-state index in [4.69, 9.17) is 27.7 Å². The first kappa shape index (κ1) is 32.2. The Hall–Kier alpha value is -6.73. The molecule has 0 aromatic heterocycles. The van der Waals surface area contributed by atoms with E-state index >= 15 is 4.39 Å². The molecule has 0 unspecified atom stereocenters. The molecule has 230 valence electrons. The number of guanidine groups is 2. The average molecular weight is 619 g/mol. The van der Waals surface area contributed by atoms with E-state index in [9.17, 15) is 25.2 Å². The Bertz CT molecular complexity index is 2050. The Kier molecular flexibility index (Phi) is 9.29. The van der Waals surface area contributed by atoms with Gasteiger partial charge in [0.1, 0.15) is 23.9 Å². The predicted molar refractivity (Wildman–Crippen MR) is 169 cm³/mol. The van der Waals surface area contributed by atoms with Crippen LogP contribution in [0.15, 0.2) is 70.6 Å². The number of nitrogens with zero attached hydrogens (tertiary/aromatic N) is 4. The Labute approximate surface area is 262 Å². The number of aryl methyl sites for hydroxylation is 2. The SMILES string of the molecule is Cc1cc(COc2ccc(C#N)c(-c3cccc(C)c3F)c2C(=O)N=C(N)N)cc(-c2c(C#N)ccc(O)c2C(=O)N=C(N)N)c1. The fourth-order valence-electron chi connectivity index (χ4n) is 4.93. The van der Waals surface area contributed by atoms with Gasteiger partial charge in [0.05, 0.1) is 34.4 Å². The lowest BCUT2D eigenvalue weighted by molar-refractivity contribution is 0.0991. The molecule has 0 spiro atoms.